The van der Waals surface area contributed by atoms with Crippen LogP contribution >= 0.6 is 19.8 Å². The molecule has 0 radical (unpaired) electrons. The van der Waals surface area contributed by atoms with Crippen LogP contribution in [0.2, 0.25) is 5.02 Å². The molecule has 1 aromatic carbocycles. The molecular weight excluding hydrogens is 313 g/mol. The lowest BCUT2D eigenvalue weighted by Crippen LogP contribution is -2.24. The average Bonchev–Trinajstić information content (AvgIpc) is 2.37. The van der Waals surface area contributed by atoms with Crippen LogP contribution in [0.15, 0.2) is 29.0 Å². The second-order valence-electron chi connectivity index (χ2n) is 5.72. The van der Waals surface area contributed by atoms with Gasteiger partial charge in [-0.1, -0.05) is 49.2 Å². The first-order chi connectivity index (χ1) is 9.69. The molecule has 21 heavy (non-hydrogen) atoms. The van der Waals surface area contributed by atoms with Crippen molar-refractivity contribution in [3.05, 3.63) is 29.3 Å². The summed E-state index contributed by atoms with van der Waals surface area (Å²) in [5, 5.41) is 0.332. The minimum atomic E-state index is -2.39. The molecule has 7 heteroatoms. The summed E-state index contributed by atoms with van der Waals surface area (Å²) in [6.45, 7) is 7.62. The molecule has 5 nitrogen and oxygen atoms in total. The van der Waals surface area contributed by atoms with Gasteiger partial charge in [-0.3, -0.25) is 4.52 Å². The molecule has 0 bridgehead atoms. The molecule has 0 saturated carbocycles. The summed E-state index contributed by atoms with van der Waals surface area (Å²) in [4.78, 5) is 23.5. The van der Waals surface area contributed by atoms with Crippen molar-refractivity contribution in [3.63, 3.8) is 0 Å². The van der Waals surface area contributed by atoms with E-state index in [-0.39, 0.29) is 17.8 Å². The van der Waals surface area contributed by atoms with E-state index in [1.54, 1.807) is 24.3 Å². The van der Waals surface area contributed by atoms with E-state index in [9.17, 15) is 9.69 Å². The Labute approximate surface area is 130 Å². The maximum Gasteiger partial charge on any atom is 0.395 e. The molecule has 0 amide bonds. The smallest absolute Gasteiger partial charge is 0.395 e. The third kappa shape index (κ3) is 6.89. The summed E-state index contributed by atoms with van der Waals surface area (Å²) < 4.78 is 14.0. The number of nitrogens with zero attached hydrogens (tertiary/aromatic N) is 1. The Kier molecular flexibility index (Phi) is 6.59. The van der Waals surface area contributed by atoms with Crippen molar-refractivity contribution in [2.24, 2.45) is 10.2 Å². The van der Waals surface area contributed by atoms with Crippen LogP contribution in [0.3, 0.4) is 0 Å². The minimum absolute atomic E-state index is 0.133. The van der Waals surface area contributed by atoms with Crippen LogP contribution in [0.1, 0.15) is 27.7 Å². The standard InChI is InChI=1S/C14H19ClNO4P/c1-10(13(17)19-9-14(2,3)4)16-21(18)20-12-8-6-5-7-11(12)15/h5-8,10H,9H2,1-4H3/t10-/m0/s1. The number of para-hydroxylation sites is 1. The van der Waals surface area contributed by atoms with E-state index in [0.29, 0.717) is 5.02 Å². The zero-order valence-electron chi connectivity index (χ0n) is 12.5. The van der Waals surface area contributed by atoms with Gasteiger partial charge < -0.3 is 9.63 Å². The number of esters is 1. The summed E-state index contributed by atoms with van der Waals surface area (Å²) in [6.07, 6.45) is 0. The van der Waals surface area contributed by atoms with Gasteiger partial charge in [-0.15, -0.1) is 0 Å². The highest BCUT2D eigenvalue weighted by atomic mass is 35.5. The second-order valence-corrected chi connectivity index (χ2v) is 7.02. The Balaban J connectivity index is 2.61. The quantitative estimate of drug-likeness (QED) is 0.611. The Hall–Kier alpha value is -1.16. The third-order valence-electron chi connectivity index (χ3n) is 2.27. The fourth-order valence-electron chi connectivity index (χ4n) is 1.22. The van der Waals surface area contributed by atoms with Crippen molar-refractivity contribution in [3.8, 4) is 5.75 Å². The maximum atomic E-state index is 11.8. The molecule has 0 aliphatic carbocycles. The molecule has 1 unspecified atom stereocenters. The molecule has 0 aliphatic rings. The molecule has 0 aliphatic heterocycles. The molecule has 0 heterocycles. The molecule has 2 atom stereocenters. The van der Waals surface area contributed by atoms with E-state index in [4.69, 9.17) is 20.9 Å². The molecule has 0 aromatic heterocycles. The summed E-state index contributed by atoms with van der Waals surface area (Å²) in [6, 6.07) is 5.75. The molecule has 1 rings (SSSR count). The summed E-state index contributed by atoms with van der Waals surface area (Å²) >= 11 is 5.88. The molecule has 1 aromatic rings. The lowest BCUT2D eigenvalue weighted by atomic mass is 9.99. The van der Waals surface area contributed by atoms with Crippen LogP contribution in [0.4, 0.5) is 0 Å². The summed E-state index contributed by atoms with van der Waals surface area (Å²) in [5.41, 5.74) is -0.133. The number of carbonyl (C=O) groups excluding carboxylic acids is 1. The zero-order valence-corrected chi connectivity index (χ0v) is 14.1. The van der Waals surface area contributed by atoms with Crippen molar-refractivity contribution >= 4 is 25.7 Å². The van der Waals surface area contributed by atoms with Gasteiger partial charge in [0, 0.05) is 0 Å². The predicted octanol–water partition coefficient (Wildman–Crippen LogP) is 3.55. The monoisotopic (exact) mass is 331 g/mol. The van der Waals surface area contributed by atoms with Gasteiger partial charge in [-0.05, 0) is 24.5 Å². The number of ether oxygens (including phenoxy) is 1. The number of halogens is 1. The number of hydrogen-bond donors (Lipinski definition) is 0. The molecule has 0 saturated heterocycles. The molecular formula is C14H19ClNO4P. The van der Waals surface area contributed by atoms with Crippen LogP contribution in [0.5, 0.6) is 5.75 Å². The maximum absolute atomic E-state index is 11.8. The van der Waals surface area contributed by atoms with Crippen LogP contribution in [-0.2, 0) is 9.53 Å². The lowest BCUT2D eigenvalue weighted by Gasteiger charge is -2.18. The van der Waals surface area contributed by atoms with Crippen molar-refractivity contribution in [1.29, 1.82) is 0 Å². The lowest BCUT2D eigenvalue weighted by molar-refractivity contribution is -0.169. The van der Waals surface area contributed by atoms with Crippen LogP contribution in [0.25, 0.3) is 0 Å². The topological polar surface area (TPSA) is 71.0 Å². The van der Waals surface area contributed by atoms with Crippen molar-refractivity contribution in [2.75, 3.05) is 6.61 Å². The Morgan fingerprint density at radius 3 is 2.62 bits per heavy atom. The normalized spacial score (nSPS) is 13.7. The zero-order chi connectivity index (χ0) is 16.0. The molecule has 0 spiro atoms. The van der Waals surface area contributed by atoms with Crippen LogP contribution in [0, 0.1) is 5.41 Å². The Bertz CT molecular complexity index is 528. The predicted molar refractivity (Wildman–Crippen MR) is 81.3 cm³/mol. The van der Waals surface area contributed by atoms with Gasteiger partial charge in [0.2, 0.25) is 5.75 Å². The number of carbonyl (C=O) groups is 1. The van der Waals surface area contributed by atoms with Gasteiger partial charge in [-0.25, -0.2) is 4.79 Å². The summed E-state index contributed by atoms with van der Waals surface area (Å²) in [7, 11) is -2.39. The molecule has 0 fully saturated rings. The van der Waals surface area contributed by atoms with E-state index in [1.165, 1.54) is 6.92 Å². The van der Waals surface area contributed by atoms with E-state index >= 15 is 0 Å². The first-order valence-electron chi connectivity index (χ1n) is 6.46. The van der Waals surface area contributed by atoms with E-state index in [1.807, 2.05) is 20.8 Å². The largest absolute Gasteiger partial charge is 0.575 e. The van der Waals surface area contributed by atoms with Gasteiger partial charge in [0.15, 0.2) is 6.04 Å². The second kappa shape index (κ2) is 7.74. The van der Waals surface area contributed by atoms with Crippen LogP contribution < -0.4 is 9.42 Å². The van der Waals surface area contributed by atoms with E-state index in [0.717, 1.165) is 0 Å². The SMILES string of the molecule is C[C@H](N=[P+]([O-])Oc1ccccc1Cl)C(=O)OCC(C)(C)C. The molecule has 116 valence electrons. The fourth-order valence-corrected chi connectivity index (χ4v) is 2.20. The number of benzene rings is 1. The Morgan fingerprint density at radius 1 is 1.43 bits per heavy atom. The van der Waals surface area contributed by atoms with Gasteiger partial charge in [0.05, 0.1) is 11.6 Å². The van der Waals surface area contributed by atoms with Crippen molar-refractivity contribution in [2.45, 2.75) is 33.7 Å². The van der Waals surface area contributed by atoms with Crippen molar-refractivity contribution in [1.82, 2.24) is 0 Å². The number of hydrogen-bond acceptors (Lipinski definition) is 5. The molecule has 0 N–H and O–H groups in total. The van der Waals surface area contributed by atoms with Crippen LogP contribution in [-0.4, -0.2) is 18.6 Å². The fraction of sp³-hybridized carbons (Fsp3) is 0.500. The van der Waals surface area contributed by atoms with Crippen molar-refractivity contribution < 1.29 is 18.9 Å². The van der Waals surface area contributed by atoms with Gasteiger partial charge >= 0.3 is 14.1 Å². The number of rotatable bonds is 5. The highest BCUT2D eigenvalue weighted by Gasteiger charge is 2.21. The highest BCUT2D eigenvalue weighted by molar-refractivity contribution is 7.34. The highest BCUT2D eigenvalue weighted by Crippen LogP contribution is 2.30. The third-order valence-corrected chi connectivity index (χ3v) is 3.47. The van der Waals surface area contributed by atoms with E-state index < -0.39 is 20.2 Å². The van der Waals surface area contributed by atoms with E-state index in [2.05, 4.69) is 4.74 Å². The van der Waals surface area contributed by atoms with Gasteiger partial charge in [0.1, 0.15) is 0 Å². The first-order valence-corrected chi connectivity index (χ1v) is 7.97. The Morgan fingerprint density at radius 2 is 2.05 bits per heavy atom. The summed E-state index contributed by atoms with van der Waals surface area (Å²) in [5.74, 6) is -0.268. The van der Waals surface area contributed by atoms with Gasteiger partial charge in [-0.2, -0.15) is 0 Å². The average molecular weight is 332 g/mol. The minimum Gasteiger partial charge on any atom is -0.575 e. The van der Waals surface area contributed by atoms with Gasteiger partial charge in [0.25, 0.3) is 0 Å². The first kappa shape index (κ1) is 17.9.